The van der Waals surface area contributed by atoms with E-state index in [2.05, 4.69) is 20.8 Å². The lowest BCUT2D eigenvalue weighted by molar-refractivity contribution is -0.143. The second-order valence-corrected chi connectivity index (χ2v) is 12.9. The van der Waals surface area contributed by atoms with Gasteiger partial charge in [-0.25, -0.2) is 0 Å². The molecule has 6 rings (SSSR count). The number of aliphatic hydroxyl groups is 2. The van der Waals surface area contributed by atoms with Crippen molar-refractivity contribution in [2.24, 2.45) is 35.5 Å². The van der Waals surface area contributed by atoms with Crippen molar-refractivity contribution < 1.29 is 43.5 Å². The van der Waals surface area contributed by atoms with Gasteiger partial charge in [0.15, 0.2) is 5.78 Å². The smallest absolute Gasteiger partial charge is 0.306 e. The SMILES string of the molecule is CC(=O)OCC1C(CO)C2O[C@@H]1C(C)=C2C.CC1=C(C)C2OC(=O)CC2C(C)C1=O.CC1=C(C)[C@H]2OC1C(CO)C2C. The zero-order chi connectivity index (χ0) is 31.2. The van der Waals surface area contributed by atoms with E-state index in [-0.39, 0.29) is 85.1 Å². The highest BCUT2D eigenvalue weighted by molar-refractivity contribution is 5.99. The van der Waals surface area contributed by atoms with Crippen LogP contribution in [-0.2, 0) is 33.3 Å². The third kappa shape index (κ3) is 5.65. The van der Waals surface area contributed by atoms with Crippen LogP contribution in [0.3, 0.4) is 0 Å². The first-order chi connectivity index (χ1) is 19.7. The Labute approximate surface area is 249 Å². The number of hydrogen-bond acceptors (Lipinski definition) is 9. The summed E-state index contributed by atoms with van der Waals surface area (Å²) in [5.41, 5.74) is 6.89. The minimum Gasteiger partial charge on any atom is -0.465 e. The molecule has 4 bridgehead atoms. The van der Waals surface area contributed by atoms with Crippen molar-refractivity contribution in [3.05, 3.63) is 33.4 Å². The van der Waals surface area contributed by atoms with Crippen LogP contribution in [0.5, 0.6) is 0 Å². The fourth-order valence-corrected chi connectivity index (χ4v) is 7.64. The van der Waals surface area contributed by atoms with E-state index in [4.69, 9.17) is 24.1 Å². The number of aliphatic hydroxyl groups excluding tert-OH is 2. The van der Waals surface area contributed by atoms with Gasteiger partial charge in [0.25, 0.3) is 0 Å². The molecular formula is C33H48O9. The van der Waals surface area contributed by atoms with Gasteiger partial charge in [-0.2, -0.15) is 0 Å². The molecule has 234 valence electrons. The maximum absolute atomic E-state index is 11.8. The largest absolute Gasteiger partial charge is 0.465 e. The van der Waals surface area contributed by atoms with E-state index in [9.17, 15) is 19.5 Å². The molecule has 0 aromatic carbocycles. The first kappa shape index (κ1) is 32.6. The van der Waals surface area contributed by atoms with Gasteiger partial charge in [0, 0.05) is 49.7 Å². The summed E-state index contributed by atoms with van der Waals surface area (Å²) < 4.78 is 21.9. The van der Waals surface area contributed by atoms with Crippen LogP contribution < -0.4 is 0 Å². The average molecular weight is 589 g/mol. The van der Waals surface area contributed by atoms with Crippen molar-refractivity contribution in [1.82, 2.24) is 0 Å². The first-order valence-corrected chi connectivity index (χ1v) is 15.2. The van der Waals surface area contributed by atoms with Crippen molar-refractivity contribution in [3.63, 3.8) is 0 Å². The number of ketones is 1. The second kappa shape index (κ2) is 12.7. The van der Waals surface area contributed by atoms with Gasteiger partial charge in [-0.1, -0.05) is 13.8 Å². The molecule has 2 N–H and O–H groups in total. The van der Waals surface area contributed by atoms with E-state index in [1.165, 1.54) is 29.2 Å². The average Bonchev–Trinajstić information content (AvgIpc) is 3.74. The zero-order valence-corrected chi connectivity index (χ0v) is 26.4. The molecule has 9 unspecified atom stereocenters. The van der Waals surface area contributed by atoms with E-state index >= 15 is 0 Å². The number of fused-ring (bicyclic) bond motifs is 5. The molecule has 3 fully saturated rings. The number of allylic oxidation sites excluding steroid dienone is 1. The third-order valence-electron chi connectivity index (χ3n) is 10.8. The molecule has 5 heterocycles. The Morgan fingerprint density at radius 2 is 1.26 bits per heavy atom. The predicted molar refractivity (Wildman–Crippen MR) is 155 cm³/mol. The molecule has 9 nitrogen and oxygen atoms in total. The summed E-state index contributed by atoms with van der Waals surface area (Å²) >= 11 is 0. The quantitative estimate of drug-likeness (QED) is 0.373. The molecule has 0 saturated carbocycles. The van der Waals surface area contributed by atoms with Crippen LogP contribution in [-0.4, -0.2) is 78.3 Å². The third-order valence-corrected chi connectivity index (χ3v) is 10.8. The fourth-order valence-electron chi connectivity index (χ4n) is 7.64. The number of esters is 2. The summed E-state index contributed by atoms with van der Waals surface area (Å²) in [7, 11) is 0. The van der Waals surface area contributed by atoms with E-state index < -0.39 is 0 Å². The van der Waals surface area contributed by atoms with Gasteiger partial charge in [-0.05, 0) is 80.9 Å². The molecule has 0 aromatic rings. The molecule has 9 heteroatoms. The molecule has 0 amide bonds. The van der Waals surface area contributed by atoms with Crippen LogP contribution in [0.15, 0.2) is 33.4 Å². The summed E-state index contributed by atoms with van der Waals surface area (Å²) in [6, 6.07) is 0. The lowest BCUT2D eigenvalue weighted by atomic mass is 9.74. The van der Waals surface area contributed by atoms with E-state index in [0.717, 1.165) is 11.1 Å². The first-order valence-electron chi connectivity index (χ1n) is 15.2. The summed E-state index contributed by atoms with van der Waals surface area (Å²) in [6.45, 7) is 18.2. The molecule has 42 heavy (non-hydrogen) atoms. The van der Waals surface area contributed by atoms with Gasteiger partial charge >= 0.3 is 11.9 Å². The maximum atomic E-state index is 11.8. The minimum absolute atomic E-state index is 0.00978. The number of rotatable bonds is 4. The highest BCUT2D eigenvalue weighted by Crippen LogP contribution is 2.47. The molecule has 11 atom stereocenters. The van der Waals surface area contributed by atoms with Crippen LogP contribution in [0.2, 0.25) is 0 Å². The molecule has 6 aliphatic rings. The van der Waals surface area contributed by atoms with E-state index in [0.29, 0.717) is 24.9 Å². The van der Waals surface area contributed by atoms with Gasteiger partial charge in [0.1, 0.15) is 6.10 Å². The minimum atomic E-state index is -0.280. The van der Waals surface area contributed by atoms with Crippen molar-refractivity contribution in [2.45, 2.75) is 99.3 Å². The molecule has 1 aliphatic carbocycles. The Morgan fingerprint density at radius 3 is 1.79 bits per heavy atom. The Balaban J connectivity index is 0.000000146. The van der Waals surface area contributed by atoms with E-state index in [1.807, 2.05) is 34.6 Å². The standard InChI is InChI=1S/C12H18O4.C11H14O3.C10H16O2/c1-6-7(2)12-10(5-15-8(3)14)9(4-13)11(6)16-12;1-5-6(2)11-8(4-9(12)14-11)7(3)10(5)13;1-5-6(2)10-8(4-11)7(3)9(5)12-10/h9-13H,4-5H2,1-3H3;7-8,11H,4H2,1-3H3;7-11H,4H2,1-3H3/t9?,10?,11?,12-;;7?,8?,9-,10?/m1.1/s1. The summed E-state index contributed by atoms with van der Waals surface area (Å²) in [5.74, 6) is 0.695. The maximum Gasteiger partial charge on any atom is 0.306 e. The molecule has 0 radical (unpaired) electrons. The van der Waals surface area contributed by atoms with Crippen molar-refractivity contribution >= 4 is 17.7 Å². The molecule has 0 aromatic heterocycles. The van der Waals surface area contributed by atoms with Crippen LogP contribution >= 0.6 is 0 Å². The lowest BCUT2D eigenvalue weighted by Gasteiger charge is -2.29. The van der Waals surface area contributed by atoms with Crippen LogP contribution in [0.25, 0.3) is 0 Å². The Morgan fingerprint density at radius 1 is 0.762 bits per heavy atom. The van der Waals surface area contributed by atoms with Gasteiger partial charge in [0.05, 0.1) is 37.4 Å². The number of carbonyl (C=O) groups is 3. The Kier molecular flexibility index (Phi) is 9.87. The highest BCUT2D eigenvalue weighted by Gasteiger charge is 2.51. The summed E-state index contributed by atoms with van der Waals surface area (Å²) in [4.78, 5) is 33.7. The molecule has 3 saturated heterocycles. The summed E-state index contributed by atoms with van der Waals surface area (Å²) in [6.07, 6.45) is 0.761. The predicted octanol–water partition coefficient (Wildman–Crippen LogP) is 3.71. The van der Waals surface area contributed by atoms with Gasteiger partial charge in [0.2, 0.25) is 0 Å². The Hall–Kier alpha value is -2.33. The van der Waals surface area contributed by atoms with Gasteiger partial charge < -0.3 is 29.2 Å². The highest BCUT2D eigenvalue weighted by atomic mass is 16.6. The van der Waals surface area contributed by atoms with Crippen molar-refractivity contribution in [2.75, 3.05) is 19.8 Å². The van der Waals surface area contributed by atoms with Crippen LogP contribution in [0, 0.1) is 35.5 Å². The van der Waals surface area contributed by atoms with Crippen molar-refractivity contribution in [1.29, 1.82) is 0 Å². The number of Topliss-reactive ketones (excluding diaryl/α,β-unsaturated/α-hetero) is 1. The molecule has 0 spiro atoms. The van der Waals surface area contributed by atoms with E-state index in [1.54, 1.807) is 0 Å². The van der Waals surface area contributed by atoms with Crippen LogP contribution in [0.4, 0.5) is 0 Å². The number of ether oxygens (including phenoxy) is 4. The Bertz CT molecular complexity index is 1200. The number of carbonyl (C=O) groups excluding carboxylic acids is 3. The normalized spacial score (nSPS) is 39.6. The lowest BCUT2D eigenvalue weighted by Crippen LogP contribution is -2.35. The topological polar surface area (TPSA) is 129 Å². The second-order valence-electron chi connectivity index (χ2n) is 12.9. The fraction of sp³-hybridized carbons (Fsp3) is 0.727. The summed E-state index contributed by atoms with van der Waals surface area (Å²) in [5, 5.41) is 18.5. The van der Waals surface area contributed by atoms with Gasteiger partial charge in [-0.3, -0.25) is 14.4 Å². The van der Waals surface area contributed by atoms with Crippen molar-refractivity contribution in [3.8, 4) is 0 Å². The molecule has 5 aliphatic heterocycles. The number of hydrogen-bond donors (Lipinski definition) is 2. The van der Waals surface area contributed by atoms with Crippen LogP contribution in [0.1, 0.15) is 68.7 Å². The monoisotopic (exact) mass is 588 g/mol. The van der Waals surface area contributed by atoms with Gasteiger partial charge in [-0.15, -0.1) is 0 Å². The zero-order valence-electron chi connectivity index (χ0n) is 26.4. The molecular weight excluding hydrogens is 540 g/mol.